The molecule has 0 bridgehead atoms. The van der Waals surface area contributed by atoms with Crippen LogP contribution in [0.4, 0.5) is 0 Å². The molecule has 4 heteroatoms. The number of hydrogen-bond acceptors (Lipinski definition) is 1. The molecule has 0 aromatic carbocycles. The molecule has 0 unspecified atom stereocenters. The summed E-state index contributed by atoms with van der Waals surface area (Å²) in [5, 5.41) is 0. The predicted octanol–water partition coefficient (Wildman–Crippen LogP) is -4.35. The first-order valence-corrected chi connectivity index (χ1v) is 2.83. The van der Waals surface area contributed by atoms with Crippen molar-refractivity contribution in [2.75, 3.05) is 0 Å². The van der Waals surface area contributed by atoms with Gasteiger partial charge in [0, 0.05) is 11.9 Å². The fourth-order valence-electron chi connectivity index (χ4n) is 0.607. The summed E-state index contributed by atoms with van der Waals surface area (Å²) in [6.07, 6.45) is 2.85. The van der Waals surface area contributed by atoms with E-state index >= 15 is 0 Å². The Balaban J connectivity index is -0.000000213. The van der Waals surface area contributed by atoms with Gasteiger partial charge in [-0.3, -0.25) is 4.98 Å². The molecule has 11 heavy (non-hydrogen) atoms. The maximum atomic E-state index is 4.10. The van der Waals surface area contributed by atoms with Gasteiger partial charge in [-0.25, -0.2) is 0 Å². The minimum absolute atomic E-state index is 0. The van der Waals surface area contributed by atoms with E-state index in [2.05, 4.69) is 11.9 Å². The third-order valence-corrected chi connectivity index (χ3v) is 1.09. The van der Waals surface area contributed by atoms with Crippen molar-refractivity contribution in [2.24, 2.45) is 0 Å². The zero-order valence-corrected chi connectivity index (χ0v) is 10.9. The largest absolute Gasteiger partial charge is 2.00 e. The zero-order valence-electron chi connectivity index (χ0n) is 6.43. The number of aryl methyl sites for hydroxylation is 1. The summed E-state index contributed by atoms with van der Waals surface area (Å²) in [5.41, 5.74) is 1.16. The van der Waals surface area contributed by atoms with Crippen LogP contribution in [-0.4, -0.2) is 4.98 Å². The molecule has 0 atom stereocenters. The number of halogens is 2. The fraction of sp³-hybridized carbons (Fsp3) is 0.286. The number of aromatic nitrogens is 1. The summed E-state index contributed by atoms with van der Waals surface area (Å²) in [4.78, 5) is 4.10. The monoisotopic (exact) mass is 241 g/mol. The third-order valence-electron chi connectivity index (χ3n) is 1.09. The van der Waals surface area contributed by atoms with Gasteiger partial charge in [0.1, 0.15) is 0 Å². The molecule has 0 fully saturated rings. The Hall–Kier alpha value is 0.353. The number of rotatable bonds is 1. The summed E-state index contributed by atoms with van der Waals surface area (Å²) >= 11 is 0. The molecule has 0 saturated heterocycles. The molecule has 0 spiro atoms. The van der Waals surface area contributed by atoms with Crippen molar-refractivity contribution in [3.8, 4) is 0 Å². The minimum atomic E-state index is 0. The summed E-state index contributed by atoms with van der Waals surface area (Å²) in [5.74, 6) is 0. The molecule has 0 N–H and O–H groups in total. The first-order valence-electron chi connectivity index (χ1n) is 2.83. The second-order valence-electron chi connectivity index (χ2n) is 1.67. The Bertz CT molecular complexity index is 158. The van der Waals surface area contributed by atoms with Gasteiger partial charge in [-0.2, -0.15) is 0 Å². The average Bonchev–Trinajstić information content (AvgIpc) is 1.90. The zero-order chi connectivity index (χ0) is 5.82. The van der Waals surface area contributed by atoms with E-state index in [0.29, 0.717) is 0 Å². The molecule has 58 valence electrons. The van der Waals surface area contributed by atoms with Crippen molar-refractivity contribution in [3.05, 3.63) is 30.1 Å². The topological polar surface area (TPSA) is 12.9 Å². The fourth-order valence-corrected chi connectivity index (χ4v) is 0.607. The maximum Gasteiger partial charge on any atom is 2.00 e. The van der Waals surface area contributed by atoms with Crippen LogP contribution in [-0.2, 0) is 25.9 Å². The van der Waals surface area contributed by atoms with Crippen molar-refractivity contribution < 1.29 is 44.3 Å². The van der Waals surface area contributed by atoms with Gasteiger partial charge in [0.15, 0.2) is 0 Å². The Labute approximate surface area is 92.6 Å². The quantitative estimate of drug-likeness (QED) is 0.455. The summed E-state index contributed by atoms with van der Waals surface area (Å²) in [7, 11) is 0. The van der Waals surface area contributed by atoms with Gasteiger partial charge in [0.05, 0.1) is 0 Å². The molecule has 0 aliphatic carbocycles. The Morgan fingerprint density at radius 2 is 1.91 bits per heavy atom. The molecular weight excluding hydrogens is 234 g/mol. The molecule has 0 aliphatic heterocycles. The van der Waals surface area contributed by atoms with Gasteiger partial charge in [0.25, 0.3) is 0 Å². The smallest absolute Gasteiger partial charge is 1.00 e. The minimum Gasteiger partial charge on any atom is -1.00 e. The number of hydrogen-bond donors (Lipinski definition) is 0. The van der Waals surface area contributed by atoms with Crippen molar-refractivity contribution >= 4 is 0 Å². The molecule has 0 amide bonds. The van der Waals surface area contributed by atoms with Crippen molar-refractivity contribution in [3.63, 3.8) is 0 Å². The van der Waals surface area contributed by atoms with Crippen molar-refractivity contribution in [1.82, 2.24) is 4.98 Å². The molecule has 0 saturated carbocycles. The molecule has 1 nitrogen and oxygen atoms in total. The standard InChI is InChI=1S/C7H9N.2ClH.Zn/c1-2-7-5-3-4-6-8-7;;;/h3-6H,2H2,1H3;2*1H;/q;;;+2/p-2. The van der Waals surface area contributed by atoms with Crippen molar-refractivity contribution in [1.29, 1.82) is 0 Å². The maximum absolute atomic E-state index is 4.10. The van der Waals surface area contributed by atoms with E-state index in [9.17, 15) is 0 Å². The molecule has 1 rings (SSSR count). The van der Waals surface area contributed by atoms with Gasteiger partial charge < -0.3 is 24.8 Å². The van der Waals surface area contributed by atoms with E-state index in [4.69, 9.17) is 0 Å². The number of nitrogens with zero attached hydrogens (tertiary/aromatic N) is 1. The van der Waals surface area contributed by atoms with Crippen LogP contribution in [0.5, 0.6) is 0 Å². The van der Waals surface area contributed by atoms with E-state index in [1.807, 2.05) is 24.4 Å². The third kappa shape index (κ3) is 6.74. The molecule has 1 heterocycles. The van der Waals surface area contributed by atoms with Crippen LogP contribution in [0.3, 0.4) is 0 Å². The van der Waals surface area contributed by atoms with Gasteiger partial charge >= 0.3 is 19.5 Å². The first kappa shape index (κ1) is 17.4. The summed E-state index contributed by atoms with van der Waals surface area (Å²) in [6, 6.07) is 5.96. The second kappa shape index (κ2) is 10.4. The SMILES string of the molecule is CCc1ccccn1.[Cl-].[Cl-].[Zn+2]. The van der Waals surface area contributed by atoms with Crippen molar-refractivity contribution in [2.45, 2.75) is 13.3 Å². The van der Waals surface area contributed by atoms with E-state index in [1.165, 1.54) is 0 Å². The van der Waals surface area contributed by atoms with Crippen LogP contribution < -0.4 is 24.8 Å². The van der Waals surface area contributed by atoms with Gasteiger partial charge in [-0.1, -0.05) is 13.0 Å². The predicted molar refractivity (Wildman–Crippen MR) is 33.6 cm³/mol. The molecule has 1 aromatic rings. The van der Waals surface area contributed by atoms with Crippen LogP contribution in [0.15, 0.2) is 24.4 Å². The molecule has 1 aromatic heterocycles. The van der Waals surface area contributed by atoms with E-state index in [-0.39, 0.29) is 44.3 Å². The molecular formula is C7H9Cl2NZn. The van der Waals surface area contributed by atoms with Crippen LogP contribution in [0.2, 0.25) is 0 Å². The van der Waals surface area contributed by atoms with Crippen LogP contribution in [0.25, 0.3) is 0 Å². The normalized spacial score (nSPS) is 6.64. The number of pyridine rings is 1. The second-order valence-corrected chi connectivity index (χ2v) is 1.67. The van der Waals surface area contributed by atoms with E-state index < -0.39 is 0 Å². The Morgan fingerprint density at radius 1 is 1.27 bits per heavy atom. The molecule has 0 radical (unpaired) electrons. The van der Waals surface area contributed by atoms with Gasteiger partial charge in [0.2, 0.25) is 0 Å². The summed E-state index contributed by atoms with van der Waals surface area (Å²) in [6.45, 7) is 2.10. The van der Waals surface area contributed by atoms with Gasteiger partial charge in [-0.15, -0.1) is 0 Å². The van der Waals surface area contributed by atoms with E-state index in [0.717, 1.165) is 12.1 Å². The van der Waals surface area contributed by atoms with Crippen LogP contribution >= 0.6 is 0 Å². The van der Waals surface area contributed by atoms with Crippen LogP contribution in [0.1, 0.15) is 12.6 Å². The Kier molecular flexibility index (Phi) is 16.4. The van der Waals surface area contributed by atoms with E-state index in [1.54, 1.807) is 0 Å². The molecule has 0 aliphatic rings. The van der Waals surface area contributed by atoms with Crippen LogP contribution in [0, 0.1) is 0 Å². The first-order chi connectivity index (χ1) is 3.93. The van der Waals surface area contributed by atoms with Gasteiger partial charge in [-0.05, 0) is 18.6 Å². The Morgan fingerprint density at radius 3 is 2.18 bits per heavy atom. The average molecular weight is 243 g/mol. The summed E-state index contributed by atoms with van der Waals surface area (Å²) < 4.78 is 0.